The summed E-state index contributed by atoms with van der Waals surface area (Å²) in [6.07, 6.45) is 2.55. The summed E-state index contributed by atoms with van der Waals surface area (Å²) in [6, 6.07) is 14.4. The molecule has 0 heterocycles. The summed E-state index contributed by atoms with van der Waals surface area (Å²) in [5, 5.41) is 5.73. The number of methoxy groups -OCH3 is 1. The van der Waals surface area contributed by atoms with Crippen LogP contribution < -0.4 is 5.32 Å². The second-order valence-electron chi connectivity index (χ2n) is 4.48. The molecule has 1 N–H and O–H groups in total. The lowest BCUT2D eigenvalue weighted by Crippen LogP contribution is -2.07. The van der Waals surface area contributed by atoms with Crippen LogP contribution in [-0.4, -0.2) is 19.6 Å². The number of benzene rings is 2. The lowest BCUT2D eigenvalue weighted by atomic mass is 10.1. The summed E-state index contributed by atoms with van der Waals surface area (Å²) in [5.74, 6) is -0.257. The highest BCUT2D eigenvalue weighted by Crippen LogP contribution is 2.22. The van der Waals surface area contributed by atoms with Gasteiger partial charge in [0.25, 0.3) is 0 Å². The minimum atomic E-state index is -0.257. The van der Waals surface area contributed by atoms with E-state index in [4.69, 9.17) is 4.74 Å². The number of ether oxygens (including phenoxy) is 1. The molecule has 20 heavy (non-hydrogen) atoms. The van der Waals surface area contributed by atoms with Crippen LogP contribution in [0.2, 0.25) is 0 Å². The lowest BCUT2D eigenvalue weighted by molar-refractivity contribution is -0.136. The molecule has 2 aromatic carbocycles. The van der Waals surface area contributed by atoms with E-state index >= 15 is 0 Å². The van der Waals surface area contributed by atoms with E-state index in [1.165, 1.54) is 17.9 Å². The second-order valence-corrected chi connectivity index (χ2v) is 4.48. The van der Waals surface area contributed by atoms with Gasteiger partial charge in [-0.15, -0.1) is 0 Å². The molecule has 2 rings (SSSR count). The highest BCUT2D eigenvalue weighted by molar-refractivity contribution is 5.94. The van der Waals surface area contributed by atoms with Crippen LogP contribution in [0.25, 0.3) is 10.8 Å². The molecule has 0 aliphatic carbocycles. The Labute approximate surface area is 119 Å². The highest BCUT2D eigenvalue weighted by atomic mass is 16.5. The van der Waals surface area contributed by atoms with Gasteiger partial charge in [0.15, 0.2) is 0 Å². The molecule has 0 unspecified atom stereocenters. The Bertz CT molecular complexity index is 626. The van der Waals surface area contributed by atoms with E-state index in [1.54, 1.807) is 0 Å². The van der Waals surface area contributed by atoms with Gasteiger partial charge in [0, 0.05) is 23.2 Å². The van der Waals surface area contributed by atoms with Crippen molar-refractivity contribution < 1.29 is 9.53 Å². The normalized spacial score (nSPS) is 11.4. The number of carbonyl (C=O) groups is 1. The average molecular weight is 269 g/mol. The SMILES string of the molecule is CC/C(=C/CNc1cccc2ccccc12)C(=O)OC. The zero-order valence-corrected chi connectivity index (χ0v) is 11.8. The zero-order valence-electron chi connectivity index (χ0n) is 11.8. The molecule has 0 bridgehead atoms. The number of hydrogen-bond donors (Lipinski definition) is 1. The average Bonchev–Trinajstić information content (AvgIpc) is 2.51. The molecule has 0 spiro atoms. The molecule has 0 fully saturated rings. The van der Waals surface area contributed by atoms with Crippen molar-refractivity contribution in [3.63, 3.8) is 0 Å². The smallest absolute Gasteiger partial charge is 0.333 e. The molecule has 0 radical (unpaired) electrons. The predicted octanol–water partition coefficient (Wildman–Crippen LogP) is 3.76. The van der Waals surface area contributed by atoms with Crippen LogP contribution in [0.1, 0.15) is 13.3 Å². The molecule has 3 heteroatoms. The van der Waals surface area contributed by atoms with Crippen LogP contribution in [0.15, 0.2) is 54.1 Å². The Morgan fingerprint density at radius 3 is 2.70 bits per heavy atom. The van der Waals surface area contributed by atoms with E-state index in [1.807, 2.05) is 37.3 Å². The standard InChI is InChI=1S/C17H19NO2/c1-3-13(17(19)20-2)11-12-18-16-10-6-8-14-7-4-5-9-15(14)16/h4-11,18H,3,12H2,1-2H3/b13-11-. The lowest BCUT2D eigenvalue weighted by Gasteiger charge is -2.08. The first kappa shape index (κ1) is 14.1. The van der Waals surface area contributed by atoms with E-state index in [-0.39, 0.29) is 5.97 Å². The third-order valence-electron chi connectivity index (χ3n) is 3.26. The maximum Gasteiger partial charge on any atom is 0.333 e. The fourth-order valence-corrected chi connectivity index (χ4v) is 2.17. The van der Waals surface area contributed by atoms with E-state index in [0.29, 0.717) is 18.5 Å². The number of esters is 1. The van der Waals surface area contributed by atoms with Gasteiger partial charge >= 0.3 is 5.97 Å². The van der Waals surface area contributed by atoms with Crippen LogP contribution in [0.5, 0.6) is 0 Å². The molecule has 3 nitrogen and oxygen atoms in total. The van der Waals surface area contributed by atoms with Crippen molar-refractivity contribution in [1.82, 2.24) is 0 Å². The number of carbonyl (C=O) groups excluding carboxylic acids is 1. The first-order valence-corrected chi connectivity index (χ1v) is 6.75. The second kappa shape index (κ2) is 6.75. The van der Waals surface area contributed by atoms with Crippen molar-refractivity contribution in [2.75, 3.05) is 19.0 Å². The van der Waals surface area contributed by atoms with Crippen LogP contribution >= 0.6 is 0 Å². The first-order valence-electron chi connectivity index (χ1n) is 6.75. The van der Waals surface area contributed by atoms with Crippen LogP contribution in [0.3, 0.4) is 0 Å². The molecule has 0 amide bonds. The van der Waals surface area contributed by atoms with Gasteiger partial charge in [0.1, 0.15) is 0 Å². The molecular weight excluding hydrogens is 250 g/mol. The molecule has 0 atom stereocenters. The molecule has 0 aliphatic rings. The highest BCUT2D eigenvalue weighted by Gasteiger charge is 2.06. The van der Waals surface area contributed by atoms with Crippen molar-refractivity contribution in [3.8, 4) is 0 Å². The van der Waals surface area contributed by atoms with Gasteiger partial charge in [0.05, 0.1) is 7.11 Å². The number of fused-ring (bicyclic) bond motifs is 1. The Kier molecular flexibility index (Phi) is 4.77. The third kappa shape index (κ3) is 3.18. The van der Waals surface area contributed by atoms with Gasteiger partial charge < -0.3 is 10.1 Å². The van der Waals surface area contributed by atoms with Crippen LogP contribution in [-0.2, 0) is 9.53 Å². The summed E-state index contributed by atoms with van der Waals surface area (Å²) >= 11 is 0. The summed E-state index contributed by atoms with van der Waals surface area (Å²) in [6.45, 7) is 2.55. The zero-order chi connectivity index (χ0) is 14.4. The maximum absolute atomic E-state index is 11.5. The monoisotopic (exact) mass is 269 g/mol. The molecular formula is C17H19NO2. The van der Waals surface area contributed by atoms with E-state index < -0.39 is 0 Å². The van der Waals surface area contributed by atoms with Crippen molar-refractivity contribution in [2.24, 2.45) is 0 Å². The fraction of sp³-hybridized carbons (Fsp3) is 0.235. The topological polar surface area (TPSA) is 38.3 Å². The predicted molar refractivity (Wildman–Crippen MR) is 82.8 cm³/mol. The minimum absolute atomic E-state index is 0.257. The third-order valence-corrected chi connectivity index (χ3v) is 3.26. The summed E-state index contributed by atoms with van der Waals surface area (Å²) in [5.41, 5.74) is 1.76. The van der Waals surface area contributed by atoms with Crippen molar-refractivity contribution in [3.05, 3.63) is 54.1 Å². The van der Waals surface area contributed by atoms with Crippen molar-refractivity contribution in [1.29, 1.82) is 0 Å². The van der Waals surface area contributed by atoms with Gasteiger partial charge in [-0.1, -0.05) is 49.4 Å². The molecule has 0 aliphatic heterocycles. The minimum Gasteiger partial charge on any atom is -0.466 e. The number of hydrogen-bond acceptors (Lipinski definition) is 3. The number of rotatable bonds is 5. The fourth-order valence-electron chi connectivity index (χ4n) is 2.17. The number of nitrogens with one attached hydrogen (secondary N) is 1. The summed E-state index contributed by atoms with van der Waals surface area (Å²) in [4.78, 5) is 11.5. The summed E-state index contributed by atoms with van der Waals surface area (Å²) in [7, 11) is 1.41. The van der Waals surface area contributed by atoms with Crippen molar-refractivity contribution >= 4 is 22.4 Å². The van der Waals surface area contributed by atoms with Crippen LogP contribution in [0, 0.1) is 0 Å². The Morgan fingerprint density at radius 1 is 1.20 bits per heavy atom. The van der Waals surface area contributed by atoms with E-state index in [0.717, 1.165) is 5.69 Å². The van der Waals surface area contributed by atoms with Gasteiger partial charge in [-0.05, 0) is 17.9 Å². The van der Waals surface area contributed by atoms with Gasteiger partial charge in [-0.2, -0.15) is 0 Å². The van der Waals surface area contributed by atoms with Gasteiger partial charge in [0.2, 0.25) is 0 Å². The quantitative estimate of drug-likeness (QED) is 0.663. The molecule has 104 valence electrons. The molecule has 2 aromatic rings. The number of anilines is 1. The summed E-state index contributed by atoms with van der Waals surface area (Å²) < 4.78 is 4.74. The Morgan fingerprint density at radius 2 is 1.95 bits per heavy atom. The largest absolute Gasteiger partial charge is 0.466 e. The van der Waals surface area contributed by atoms with E-state index in [9.17, 15) is 4.79 Å². The maximum atomic E-state index is 11.5. The Balaban J connectivity index is 2.13. The molecule has 0 saturated heterocycles. The van der Waals surface area contributed by atoms with Crippen LogP contribution in [0.4, 0.5) is 5.69 Å². The first-order chi connectivity index (χ1) is 9.76. The van der Waals surface area contributed by atoms with Gasteiger partial charge in [-0.25, -0.2) is 4.79 Å². The molecule has 0 aromatic heterocycles. The Hall–Kier alpha value is -2.29. The van der Waals surface area contributed by atoms with E-state index in [2.05, 4.69) is 23.5 Å². The molecule has 0 saturated carbocycles. The van der Waals surface area contributed by atoms with Gasteiger partial charge in [-0.3, -0.25) is 0 Å². The van der Waals surface area contributed by atoms with Crippen molar-refractivity contribution in [2.45, 2.75) is 13.3 Å².